The van der Waals surface area contributed by atoms with Gasteiger partial charge in [-0.3, -0.25) is 14.3 Å². The van der Waals surface area contributed by atoms with Gasteiger partial charge in [0.15, 0.2) is 0 Å². The third-order valence-electron chi connectivity index (χ3n) is 1.96. The first-order valence-corrected chi connectivity index (χ1v) is 5.22. The van der Waals surface area contributed by atoms with E-state index in [9.17, 15) is 9.59 Å². The molecule has 0 spiro atoms. The highest BCUT2D eigenvalue weighted by atomic mass is 16.5. The van der Waals surface area contributed by atoms with Crippen molar-refractivity contribution in [3.8, 4) is 0 Å². The number of nitrogens with zero attached hydrogens (tertiary/aromatic N) is 3. The minimum absolute atomic E-state index is 0.0986. The predicted octanol–water partition coefficient (Wildman–Crippen LogP) is 0.581. The first kappa shape index (κ1) is 12.4. The molecule has 0 aromatic carbocycles. The Morgan fingerprint density at radius 3 is 2.88 bits per heavy atom. The number of rotatable bonds is 7. The molecule has 0 saturated heterocycles. The van der Waals surface area contributed by atoms with Gasteiger partial charge >= 0.3 is 5.97 Å². The molecular weight excluding hydrogens is 210 g/mol. The lowest BCUT2D eigenvalue weighted by molar-refractivity contribution is -0.145. The lowest BCUT2D eigenvalue weighted by atomic mass is 10.2. The molecule has 0 radical (unpaired) electrons. The van der Waals surface area contributed by atoms with Crippen molar-refractivity contribution in [2.75, 3.05) is 6.61 Å². The lowest BCUT2D eigenvalue weighted by Crippen LogP contribution is -2.11. The van der Waals surface area contributed by atoms with Crippen LogP contribution in [-0.2, 0) is 20.9 Å². The van der Waals surface area contributed by atoms with Gasteiger partial charge in [-0.1, -0.05) is 0 Å². The van der Waals surface area contributed by atoms with Crippen LogP contribution in [0.1, 0.15) is 26.2 Å². The van der Waals surface area contributed by atoms with Crippen LogP contribution in [0.3, 0.4) is 0 Å². The Morgan fingerprint density at radius 2 is 2.25 bits per heavy atom. The number of hydrogen-bond donors (Lipinski definition) is 0. The average Bonchev–Trinajstić information content (AvgIpc) is 2.70. The molecule has 0 bridgehead atoms. The SMILES string of the molecule is CCOC(=O)CC(=O)CCCn1cncn1. The summed E-state index contributed by atoms with van der Waals surface area (Å²) in [6.45, 7) is 2.66. The van der Waals surface area contributed by atoms with E-state index in [0.29, 0.717) is 26.0 Å². The molecule has 0 amide bonds. The van der Waals surface area contributed by atoms with E-state index in [2.05, 4.69) is 14.8 Å². The summed E-state index contributed by atoms with van der Waals surface area (Å²) in [7, 11) is 0. The van der Waals surface area contributed by atoms with Crippen LogP contribution in [0, 0.1) is 0 Å². The van der Waals surface area contributed by atoms with Crippen LogP contribution in [0.5, 0.6) is 0 Å². The van der Waals surface area contributed by atoms with E-state index in [-0.39, 0.29) is 12.2 Å². The highest BCUT2D eigenvalue weighted by Crippen LogP contribution is 1.99. The second-order valence-corrected chi connectivity index (χ2v) is 3.28. The minimum Gasteiger partial charge on any atom is -0.466 e. The van der Waals surface area contributed by atoms with Crippen LogP contribution in [0.2, 0.25) is 0 Å². The van der Waals surface area contributed by atoms with Crippen molar-refractivity contribution in [1.82, 2.24) is 14.8 Å². The van der Waals surface area contributed by atoms with Gasteiger partial charge in [-0.15, -0.1) is 0 Å². The van der Waals surface area contributed by atoms with E-state index in [4.69, 9.17) is 0 Å². The van der Waals surface area contributed by atoms with Crippen molar-refractivity contribution < 1.29 is 14.3 Å². The standard InChI is InChI=1S/C10H15N3O3/c1-2-16-10(15)6-9(14)4-3-5-13-8-11-7-12-13/h7-8H,2-6H2,1H3. The first-order chi connectivity index (χ1) is 7.72. The number of esters is 1. The summed E-state index contributed by atoms with van der Waals surface area (Å²) >= 11 is 0. The van der Waals surface area contributed by atoms with Crippen molar-refractivity contribution in [1.29, 1.82) is 0 Å². The van der Waals surface area contributed by atoms with Gasteiger partial charge in [0.25, 0.3) is 0 Å². The summed E-state index contributed by atoms with van der Waals surface area (Å²) in [5.41, 5.74) is 0. The highest BCUT2D eigenvalue weighted by Gasteiger charge is 2.09. The Hall–Kier alpha value is -1.72. The molecule has 1 rings (SSSR count). The molecule has 1 aromatic rings. The van der Waals surface area contributed by atoms with Crippen LogP contribution in [0.25, 0.3) is 0 Å². The summed E-state index contributed by atoms with van der Waals surface area (Å²) in [6, 6.07) is 0. The Morgan fingerprint density at radius 1 is 1.44 bits per heavy atom. The van der Waals surface area contributed by atoms with E-state index in [1.54, 1.807) is 17.9 Å². The van der Waals surface area contributed by atoms with Gasteiger partial charge in [0.1, 0.15) is 24.9 Å². The van der Waals surface area contributed by atoms with Gasteiger partial charge in [0.05, 0.1) is 6.61 Å². The monoisotopic (exact) mass is 225 g/mol. The molecule has 6 nitrogen and oxygen atoms in total. The third-order valence-corrected chi connectivity index (χ3v) is 1.96. The van der Waals surface area contributed by atoms with Crippen LogP contribution in [-0.4, -0.2) is 33.1 Å². The Kier molecular flexibility index (Phi) is 5.18. The fourth-order valence-corrected chi connectivity index (χ4v) is 1.25. The van der Waals surface area contributed by atoms with Gasteiger partial charge < -0.3 is 4.74 Å². The second kappa shape index (κ2) is 6.71. The van der Waals surface area contributed by atoms with Crippen LogP contribution < -0.4 is 0 Å². The van der Waals surface area contributed by atoms with Gasteiger partial charge in [-0.25, -0.2) is 4.98 Å². The molecule has 0 aliphatic heterocycles. The fourth-order valence-electron chi connectivity index (χ4n) is 1.25. The summed E-state index contributed by atoms with van der Waals surface area (Å²) in [6.07, 6.45) is 3.92. The number of Topliss-reactive ketones (excluding diaryl/α,β-unsaturated/α-hetero) is 1. The topological polar surface area (TPSA) is 74.1 Å². The third kappa shape index (κ3) is 4.68. The Labute approximate surface area is 93.6 Å². The van der Waals surface area contributed by atoms with Crippen molar-refractivity contribution >= 4 is 11.8 Å². The summed E-state index contributed by atoms with van der Waals surface area (Å²) < 4.78 is 6.33. The van der Waals surface area contributed by atoms with E-state index >= 15 is 0 Å². The van der Waals surface area contributed by atoms with E-state index in [1.165, 1.54) is 6.33 Å². The van der Waals surface area contributed by atoms with Gasteiger partial charge in [-0.05, 0) is 13.3 Å². The summed E-state index contributed by atoms with van der Waals surface area (Å²) in [5.74, 6) is -0.549. The molecule has 6 heteroatoms. The van der Waals surface area contributed by atoms with Crippen molar-refractivity contribution in [3.05, 3.63) is 12.7 Å². The van der Waals surface area contributed by atoms with Gasteiger partial charge in [0, 0.05) is 13.0 Å². The highest BCUT2D eigenvalue weighted by molar-refractivity contribution is 5.95. The zero-order valence-corrected chi connectivity index (χ0v) is 9.26. The molecule has 0 N–H and O–H groups in total. The number of hydrogen-bond acceptors (Lipinski definition) is 5. The number of ether oxygens (including phenoxy) is 1. The van der Waals surface area contributed by atoms with E-state index < -0.39 is 5.97 Å². The fraction of sp³-hybridized carbons (Fsp3) is 0.600. The normalized spacial score (nSPS) is 10.1. The number of aryl methyl sites for hydroxylation is 1. The maximum Gasteiger partial charge on any atom is 0.313 e. The van der Waals surface area contributed by atoms with Crippen molar-refractivity contribution in [3.63, 3.8) is 0 Å². The molecule has 0 aliphatic rings. The van der Waals surface area contributed by atoms with Crippen molar-refractivity contribution in [2.45, 2.75) is 32.7 Å². The molecule has 0 atom stereocenters. The number of carbonyl (C=O) groups is 2. The van der Waals surface area contributed by atoms with Crippen LogP contribution >= 0.6 is 0 Å². The predicted molar refractivity (Wildman–Crippen MR) is 55.5 cm³/mol. The smallest absolute Gasteiger partial charge is 0.313 e. The molecule has 0 aliphatic carbocycles. The van der Waals surface area contributed by atoms with Gasteiger partial charge in [-0.2, -0.15) is 5.10 Å². The molecule has 88 valence electrons. The van der Waals surface area contributed by atoms with Crippen LogP contribution in [0.15, 0.2) is 12.7 Å². The minimum atomic E-state index is -0.451. The largest absolute Gasteiger partial charge is 0.466 e. The maximum absolute atomic E-state index is 11.3. The molecule has 1 aromatic heterocycles. The average molecular weight is 225 g/mol. The quantitative estimate of drug-likeness (QED) is 0.501. The zero-order chi connectivity index (χ0) is 11.8. The zero-order valence-electron chi connectivity index (χ0n) is 9.26. The van der Waals surface area contributed by atoms with Gasteiger partial charge in [0.2, 0.25) is 0 Å². The molecular formula is C10H15N3O3. The molecule has 1 heterocycles. The second-order valence-electron chi connectivity index (χ2n) is 3.28. The number of ketones is 1. The lowest BCUT2D eigenvalue weighted by Gasteiger charge is -2.01. The molecule has 16 heavy (non-hydrogen) atoms. The van der Waals surface area contributed by atoms with E-state index in [0.717, 1.165) is 0 Å². The first-order valence-electron chi connectivity index (χ1n) is 5.22. The molecule has 0 unspecified atom stereocenters. The molecule has 0 fully saturated rings. The number of aromatic nitrogens is 3. The van der Waals surface area contributed by atoms with E-state index in [1.807, 2.05) is 0 Å². The summed E-state index contributed by atoms with van der Waals surface area (Å²) in [4.78, 5) is 26.1. The summed E-state index contributed by atoms with van der Waals surface area (Å²) in [5, 5.41) is 3.91. The van der Waals surface area contributed by atoms with Crippen LogP contribution in [0.4, 0.5) is 0 Å². The number of carbonyl (C=O) groups excluding carboxylic acids is 2. The Bertz CT molecular complexity index is 335. The molecule has 0 saturated carbocycles. The maximum atomic E-state index is 11.3. The van der Waals surface area contributed by atoms with Crippen molar-refractivity contribution in [2.24, 2.45) is 0 Å². The Balaban J connectivity index is 2.13.